The topological polar surface area (TPSA) is 66.5 Å². The Balaban J connectivity index is 2.33. The average Bonchev–Trinajstić information content (AvgIpc) is 2.51. The van der Waals surface area contributed by atoms with Crippen molar-refractivity contribution in [1.82, 2.24) is 4.31 Å². The van der Waals surface area contributed by atoms with Crippen LogP contribution in [-0.2, 0) is 15.1 Å². The van der Waals surface area contributed by atoms with Gasteiger partial charge in [0.25, 0.3) is 0 Å². The highest BCUT2D eigenvalue weighted by atomic mass is 32.2. The SMILES string of the molecule is COc1cc(C)c(S(=O)(=O)N2CCC(CC[O])CC2)c(C)c1C. The molecule has 0 N–H and O–H groups in total. The van der Waals surface area contributed by atoms with E-state index in [0.717, 1.165) is 24.0 Å². The van der Waals surface area contributed by atoms with E-state index in [1.54, 1.807) is 17.5 Å². The number of sulfonamides is 1. The van der Waals surface area contributed by atoms with E-state index < -0.39 is 10.0 Å². The summed E-state index contributed by atoms with van der Waals surface area (Å²) in [5, 5.41) is 10.7. The summed E-state index contributed by atoms with van der Waals surface area (Å²) in [4.78, 5) is 0.401. The number of hydrogen-bond donors (Lipinski definition) is 0. The third-order valence-electron chi connectivity index (χ3n) is 4.90. The van der Waals surface area contributed by atoms with Gasteiger partial charge in [0.1, 0.15) is 5.75 Å². The number of benzene rings is 1. The second-order valence-electron chi connectivity index (χ2n) is 6.32. The van der Waals surface area contributed by atoms with E-state index in [1.165, 1.54) is 0 Å². The number of nitrogens with zero attached hydrogens (tertiary/aromatic N) is 1. The molecule has 0 aromatic heterocycles. The monoisotopic (exact) mass is 340 g/mol. The first-order valence-corrected chi connectivity index (χ1v) is 9.50. The van der Waals surface area contributed by atoms with Gasteiger partial charge in [0.2, 0.25) is 10.0 Å². The molecule has 1 saturated heterocycles. The van der Waals surface area contributed by atoms with E-state index in [9.17, 15) is 13.5 Å². The van der Waals surface area contributed by atoms with E-state index in [-0.39, 0.29) is 6.61 Å². The summed E-state index contributed by atoms with van der Waals surface area (Å²) in [5.41, 5.74) is 2.33. The van der Waals surface area contributed by atoms with E-state index >= 15 is 0 Å². The summed E-state index contributed by atoms with van der Waals surface area (Å²) in [6, 6.07) is 1.79. The molecule has 1 heterocycles. The lowest BCUT2D eigenvalue weighted by Gasteiger charge is -2.32. The molecule has 2 rings (SSSR count). The molecule has 6 heteroatoms. The van der Waals surface area contributed by atoms with Gasteiger partial charge in [0.15, 0.2) is 0 Å². The maximum atomic E-state index is 13.1. The molecule has 1 aliphatic rings. The minimum absolute atomic E-state index is 0.0761. The zero-order valence-corrected chi connectivity index (χ0v) is 15.2. The Kier molecular flexibility index (Phi) is 5.70. The highest BCUT2D eigenvalue weighted by Gasteiger charge is 2.32. The van der Waals surface area contributed by atoms with Gasteiger partial charge in [0, 0.05) is 13.1 Å². The maximum absolute atomic E-state index is 13.1. The van der Waals surface area contributed by atoms with Gasteiger partial charge >= 0.3 is 0 Å². The smallest absolute Gasteiger partial charge is 0.243 e. The predicted octanol–water partition coefficient (Wildman–Crippen LogP) is 2.84. The van der Waals surface area contributed by atoms with Crippen molar-refractivity contribution in [2.45, 2.75) is 44.9 Å². The summed E-state index contributed by atoms with van der Waals surface area (Å²) >= 11 is 0. The van der Waals surface area contributed by atoms with Crippen LogP contribution in [-0.4, -0.2) is 39.5 Å². The van der Waals surface area contributed by atoms with Gasteiger partial charge in [-0.2, -0.15) is 4.31 Å². The van der Waals surface area contributed by atoms with Crippen molar-refractivity contribution in [2.24, 2.45) is 5.92 Å². The van der Waals surface area contributed by atoms with E-state index in [4.69, 9.17) is 4.74 Å². The van der Waals surface area contributed by atoms with Crippen LogP contribution in [0.2, 0.25) is 0 Å². The first-order chi connectivity index (χ1) is 10.8. The van der Waals surface area contributed by atoms with Gasteiger partial charge in [0.05, 0.1) is 18.6 Å². The highest BCUT2D eigenvalue weighted by Crippen LogP contribution is 2.34. The van der Waals surface area contributed by atoms with Gasteiger partial charge in [-0.1, -0.05) is 0 Å². The molecule has 0 atom stereocenters. The van der Waals surface area contributed by atoms with Gasteiger partial charge < -0.3 is 4.74 Å². The van der Waals surface area contributed by atoms with Crippen LogP contribution in [0.25, 0.3) is 0 Å². The second kappa shape index (κ2) is 7.20. The van der Waals surface area contributed by atoms with Gasteiger partial charge in [-0.05, 0) is 68.7 Å². The Bertz CT molecular complexity index is 662. The summed E-state index contributed by atoms with van der Waals surface area (Å²) in [5.74, 6) is 1.08. The standard InChI is InChI=1S/C17H26NO4S/c1-12-11-16(22-4)13(2)14(3)17(12)23(20,21)18-8-5-15(6-9-18)7-10-19/h11,15H,5-10H2,1-4H3. The fraction of sp³-hybridized carbons (Fsp3) is 0.647. The molecule has 1 aromatic carbocycles. The van der Waals surface area contributed by atoms with Crippen LogP contribution in [0.1, 0.15) is 36.0 Å². The van der Waals surface area contributed by atoms with Crippen molar-refractivity contribution in [2.75, 3.05) is 26.8 Å². The molecule has 5 nitrogen and oxygen atoms in total. The molecule has 0 aliphatic carbocycles. The van der Waals surface area contributed by atoms with Crippen molar-refractivity contribution >= 4 is 10.0 Å². The van der Waals surface area contributed by atoms with Gasteiger partial charge in [-0.15, -0.1) is 0 Å². The quantitative estimate of drug-likeness (QED) is 0.828. The molecule has 23 heavy (non-hydrogen) atoms. The molecule has 129 valence electrons. The predicted molar refractivity (Wildman–Crippen MR) is 88.9 cm³/mol. The fourth-order valence-electron chi connectivity index (χ4n) is 3.36. The molecule has 0 spiro atoms. The molecular formula is C17H26NO4S. The van der Waals surface area contributed by atoms with E-state index in [1.807, 2.05) is 20.8 Å². The number of piperidine rings is 1. The fourth-order valence-corrected chi connectivity index (χ4v) is 5.32. The van der Waals surface area contributed by atoms with Crippen LogP contribution < -0.4 is 4.74 Å². The van der Waals surface area contributed by atoms with Crippen LogP contribution in [0, 0.1) is 26.7 Å². The normalized spacial score (nSPS) is 17.4. The third kappa shape index (κ3) is 3.54. The summed E-state index contributed by atoms with van der Waals surface area (Å²) < 4.78 is 33.0. The van der Waals surface area contributed by atoms with Crippen LogP contribution in [0.15, 0.2) is 11.0 Å². The largest absolute Gasteiger partial charge is 0.496 e. The number of hydrogen-bond acceptors (Lipinski definition) is 3. The van der Waals surface area contributed by atoms with Crippen molar-refractivity contribution in [1.29, 1.82) is 0 Å². The maximum Gasteiger partial charge on any atom is 0.243 e. The molecule has 0 unspecified atom stereocenters. The molecule has 1 fully saturated rings. The Hall–Kier alpha value is -1.11. The zero-order chi connectivity index (χ0) is 17.2. The third-order valence-corrected chi connectivity index (χ3v) is 7.08. The molecular weight excluding hydrogens is 314 g/mol. The van der Waals surface area contributed by atoms with Crippen LogP contribution in [0.5, 0.6) is 5.75 Å². The molecule has 1 aromatic rings. The first kappa shape index (κ1) is 18.2. The lowest BCUT2D eigenvalue weighted by molar-refractivity contribution is 0.151. The molecule has 1 aliphatic heterocycles. The lowest BCUT2D eigenvalue weighted by atomic mass is 9.95. The number of methoxy groups -OCH3 is 1. The minimum atomic E-state index is -3.51. The van der Waals surface area contributed by atoms with Crippen molar-refractivity contribution in [3.05, 3.63) is 22.8 Å². The summed E-state index contributed by atoms with van der Waals surface area (Å²) in [6.07, 6.45) is 2.19. The highest BCUT2D eigenvalue weighted by molar-refractivity contribution is 7.89. The molecule has 0 amide bonds. The van der Waals surface area contributed by atoms with E-state index in [0.29, 0.717) is 41.6 Å². The lowest BCUT2D eigenvalue weighted by Crippen LogP contribution is -2.39. The number of rotatable bonds is 5. The van der Waals surface area contributed by atoms with E-state index in [2.05, 4.69) is 0 Å². The average molecular weight is 340 g/mol. The summed E-state index contributed by atoms with van der Waals surface area (Å²) in [7, 11) is -1.92. The second-order valence-corrected chi connectivity index (χ2v) is 8.19. The molecule has 0 bridgehead atoms. The van der Waals surface area contributed by atoms with Gasteiger partial charge in [-0.3, -0.25) is 0 Å². The number of aryl methyl sites for hydroxylation is 1. The Morgan fingerprint density at radius 3 is 2.30 bits per heavy atom. The van der Waals surface area contributed by atoms with Crippen LogP contribution in [0.3, 0.4) is 0 Å². The Morgan fingerprint density at radius 2 is 1.78 bits per heavy atom. The summed E-state index contributed by atoms with van der Waals surface area (Å²) in [6.45, 7) is 6.45. The van der Waals surface area contributed by atoms with Crippen LogP contribution >= 0.6 is 0 Å². The first-order valence-electron chi connectivity index (χ1n) is 8.06. The number of ether oxygens (including phenoxy) is 1. The van der Waals surface area contributed by atoms with Gasteiger partial charge in [-0.25, -0.2) is 13.5 Å². The van der Waals surface area contributed by atoms with Crippen molar-refractivity contribution < 1.29 is 18.3 Å². The molecule has 0 saturated carbocycles. The Labute approximate surface area is 139 Å². The minimum Gasteiger partial charge on any atom is -0.496 e. The van der Waals surface area contributed by atoms with Crippen molar-refractivity contribution in [3.63, 3.8) is 0 Å². The molecule has 1 radical (unpaired) electrons. The zero-order valence-electron chi connectivity index (χ0n) is 14.4. The Morgan fingerprint density at radius 1 is 1.17 bits per heavy atom. The van der Waals surface area contributed by atoms with Crippen LogP contribution in [0.4, 0.5) is 0 Å². The van der Waals surface area contributed by atoms with Crippen molar-refractivity contribution in [3.8, 4) is 5.75 Å².